The zero-order valence-corrected chi connectivity index (χ0v) is 12.6. The number of nitrogens with zero attached hydrogens (tertiary/aromatic N) is 3. The molecule has 0 radical (unpaired) electrons. The molecule has 4 nitrogen and oxygen atoms in total. The lowest BCUT2D eigenvalue weighted by molar-refractivity contribution is 0.412. The summed E-state index contributed by atoms with van der Waals surface area (Å²) in [6.07, 6.45) is 6.91. The number of hydrogen-bond acceptors (Lipinski definition) is 4. The van der Waals surface area contributed by atoms with Gasteiger partial charge in [-0.2, -0.15) is 0 Å². The molecule has 0 N–H and O–H groups in total. The first kappa shape index (κ1) is 13.8. The van der Waals surface area contributed by atoms with Crippen molar-refractivity contribution in [2.24, 2.45) is 0 Å². The zero-order chi connectivity index (χ0) is 14.8. The molecule has 106 valence electrons. The van der Waals surface area contributed by atoms with Gasteiger partial charge in [-0.15, -0.1) is 11.6 Å². The van der Waals surface area contributed by atoms with Gasteiger partial charge in [-0.05, 0) is 24.4 Å². The Morgan fingerprint density at radius 2 is 1.86 bits per heavy atom. The van der Waals surface area contributed by atoms with Crippen LogP contribution < -0.4 is 4.74 Å². The molecule has 2 heterocycles. The van der Waals surface area contributed by atoms with Crippen LogP contribution in [0.5, 0.6) is 5.75 Å². The number of alkyl halides is 1. The summed E-state index contributed by atoms with van der Waals surface area (Å²) < 4.78 is 5.38. The summed E-state index contributed by atoms with van der Waals surface area (Å²) in [7, 11) is 1.67. The van der Waals surface area contributed by atoms with Crippen molar-refractivity contribution in [1.82, 2.24) is 15.0 Å². The van der Waals surface area contributed by atoms with Gasteiger partial charge in [-0.1, -0.05) is 0 Å². The van der Waals surface area contributed by atoms with Gasteiger partial charge in [0.05, 0.1) is 18.7 Å². The van der Waals surface area contributed by atoms with Crippen LogP contribution in [0.4, 0.5) is 0 Å². The number of fused-ring (bicyclic) bond motifs is 1. The van der Waals surface area contributed by atoms with Gasteiger partial charge in [0.1, 0.15) is 12.1 Å². The third kappa shape index (κ3) is 2.32. The molecule has 5 heteroatoms. The number of methoxy groups -OCH3 is 1. The molecule has 0 fully saturated rings. The lowest BCUT2D eigenvalue weighted by atomic mass is 9.97. The van der Waals surface area contributed by atoms with Crippen molar-refractivity contribution in [2.75, 3.05) is 7.11 Å². The number of benzene rings is 1. The van der Waals surface area contributed by atoms with Crippen LogP contribution in [0.1, 0.15) is 11.3 Å². The number of aryl methyl sites for hydroxylation is 1. The average molecular weight is 300 g/mol. The fraction of sp³-hybridized carbons (Fsp3) is 0.188. The van der Waals surface area contributed by atoms with Crippen LogP contribution in [0, 0.1) is 6.92 Å². The Kier molecular flexibility index (Phi) is 3.71. The van der Waals surface area contributed by atoms with Crippen molar-refractivity contribution in [3.8, 4) is 16.9 Å². The first-order valence-corrected chi connectivity index (χ1v) is 7.06. The van der Waals surface area contributed by atoms with E-state index in [2.05, 4.69) is 15.0 Å². The van der Waals surface area contributed by atoms with E-state index in [-0.39, 0.29) is 0 Å². The fourth-order valence-electron chi connectivity index (χ4n) is 2.53. The molecule has 21 heavy (non-hydrogen) atoms. The van der Waals surface area contributed by atoms with Crippen LogP contribution in [0.3, 0.4) is 0 Å². The second kappa shape index (κ2) is 5.66. The Morgan fingerprint density at radius 3 is 2.52 bits per heavy atom. The molecule has 0 atom stereocenters. The summed E-state index contributed by atoms with van der Waals surface area (Å²) in [5, 5.41) is 2.12. The standard InChI is InChI=1S/C16H14ClN3O/c1-10-13-8-20-14(5-17)16(11-6-18-9-19-7-11)12(13)3-4-15(10)21-2/h3-4,6-9H,5H2,1-2H3. The Morgan fingerprint density at radius 1 is 1.10 bits per heavy atom. The highest BCUT2D eigenvalue weighted by molar-refractivity contribution is 6.18. The van der Waals surface area contributed by atoms with E-state index in [4.69, 9.17) is 16.3 Å². The predicted octanol–water partition coefficient (Wildman–Crippen LogP) is 3.75. The molecule has 3 aromatic rings. The van der Waals surface area contributed by atoms with Gasteiger partial charge >= 0.3 is 0 Å². The van der Waals surface area contributed by atoms with E-state index in [0.717, 1.165) is 38.9 Å². The van der Waals surface area contributed by atoms with Crippen LogP contribution >= 0.6 is 11.6 Å². The van der Waals surface area contributed by atoms with Crippen molar-refractivity contribution in [3.63, 3.8) is 0 Å². The van der Waals surface area contributed by atoms with Gasteiger partial charge in [-0.25, -0.2) is 9.97 Å². The molecule has 0 spiro atoms. The third-order valence-corrected chi connectivity index (χ3v) is 3.82. The number of aromatic nitrogens is 3. The Bertz CT molecular complexity index is 790. The van der Waals surface area contributed by atoms with Crippen LogP contribution in [0.2, 0.25) is 0 Å². The largest absolute Gasteiger partial charge is 0.496 e. The van der Waals surface area contributed by atoms with E-state index in [0.29, 0.717) is 5.88 Å². The second-order valence-corrected chi connectivity index (χ2v) is 4.96. The van der Waals surface area contributed by atoms with Crippen LogP contribution in [-0.4, -0.2) is 22.1 Å². The van der Waals surface area contributed by atoms with Gasteiger partial charge in [0, 0.05) is 40.7 Å². The molecule has 0 bridgehead atoms. The first-order valence-electron chi connectivity index (χ1n) is 6.52. The van der Waals surface area contributed by atoms with E-state index in [1.165, 1.54) is 6.33 Å². The number of pyridine rings is 1. The fourth-order valence-corrected chi connectivity index (χ4v) is 2.73. The maximum absolute atomic E-state index is 6.05. The highest BCUT2D eigenvalue weighted by Crippen LogP contribution is 2.35. The van der Waals surface area contributed by atoms with E-state index >= 15 is 0 Å². The zero-order valence-electron chi connectivity index (χ0n) is 11.8. The van der Waals surface area contributed by atoms with E-state index in [1.54, 1.807) is 19.5 Å². The quantitative estimate of drug-likeness (QED) is 0.691. The Labute approximate surface area is 127 Å². The number of halogens is 1. The maximum Gasteiger partial charge on any atom is 0.122 e. The SMILES string of the molecule is COc1ccc2c(-c3cncnc3)c(CCl)ncc2c1C. The summed E-state index contributed by atoms with van der Waals surface area (Å²) in [5.74, 6) is 1.18. The number of hydrogen-bond donors (Lipinski definition) is 0. The number of ether oxygens (including phenoxy) is 1. The maximum atomic E-state index is 6.05. The monoisotopic (exact) mass is 299 g/mol. The van der Waals surface area contributed by atoms with Gasteiger partial charge < -0.3 is 4.74 Å². The normalized spacial score (nSPS) is 10.8. The molecule has 0 aliphatic heterocycles. The van der Waals surface area contributed by atoms with Crippen LogP contribution in [-0.2, 0) is 5.88 Å². The van der Waals surface area contributed by atoms with Crippen molar-refractivity contribution in [3.05, 3.63) is 48.3 Å². The van der Waals surface area contributed by atoms with Crippen molar-refractivity contribution in [1.29, 1.82) is 0 Å². The topological polar surface area (TPSA) is 47.9 Å². The highest BCUT2D eigenvalue weighted by atomic mass is 35.5. The van der Waals surface area contributed by atoms with Gasteiger partial charge in [0.15, 0.2) is 0 Å². The molecule has 2 aromatic heterocycles. The molecule has 0 unspecified atom stereocenters. The summed E-state index contributed by atoms with van der Waals surface area (Å²) in [6.45, 7) is 2.02. The van der Waals surface area contributed by atoms with Crippen molar-refractivity contribution in [2.45, 2.75) is 12.8 Å². The predicted molar refractivity (Wildman–Crippen MR) is 83.6 cm³/mol. The highest BCUT2D eigenvalue weighted by Gasteiger charge is 2.14. The van der Waals surface area contributed by atoms with Gasteiger partial charge in [0.25, 0.3) is 0 Å². The molecule has 0 amide bonds. The second-order valence-electron chi connectivity index (χ2n) is 4.69. The molecular formula is C16H14ClN3O. The Hall–Kier alpha value is -2.20. The lowest BCUT2D eigenvalue weighted by Crippen LogP contribution is -1.96. The summed E-state index contributed by atoms with van der Waals surface area (Å²) >= 11 is 6.05. The van der Waals surface area contributed by atoms with Gasteiger partial charge in [-0.3, -0.25) is 4.98 Å². The van der Waals surface area contributed by atoms with Gasteiger partial charge in [0.2, 0.25) is 0 Å². The Balaban J connectivity index is 2.38. The molecule has 3 rings (SSSR count). The lowest BCUT2D eigenvalue weighted by Gasteiger charge is -2.13. The summed E-state index contributed by atoms with van der Waals surface area (Å²) in [5.41, 5.74) is 3.77. The first-order chi connectivity index (χ1) is 10.3. The molecule has 1 aromatic carbocycles. The molecule has 0 aliphatic carbocycles. The van der Waals surface area contributed by atoms with E-state index in [1.807, 2.05) is 25.3 Å². The average Bonchev–Trinajstić information content (AvgIpc) is 2.55. The smallest absolute Gasteiger partial charge is 0.122 e. The molecule has 0 saturated carbocycles. The number of rotatable bonds is 3. The summed E-state index contributed by atoms with van der Waals surface area (Å²) in [4.78, 5) is 12.7. The van der Waals surface area contributed by atoms with E-state index < -0.39 is 0 Å². The van der Waals surface area contributed by atoms with Crippen LogP contribution in [0.15, 0.2) is 37.1 Å². The third-order valence-electron chi connectivity index (χ3n) is 3.57. The minimum atomic E-state index is 0.339. The van der Waals surface area contributed by atoms with Crippen molar-refractivity contribution < 1.29 is 4.74 Å². The van der Waals surface area contributed by atoms with E-state index in [9.17, 15) is 0 Å². The minimum Gasteiger partial charge on any atom is -0.496 e. The molecular weight excluding hydrogens is 286 g/mol. The molecule has 0 aliphatic rings. The van der Waals surface area contributed by atoms with Crippen molar-refractivity contribution >= 4 is 22.4 Å². The summed E-state index contributed by atoms with van der Waals surface area (Å²) in [6, 6.07) is 3.99. The van der Waals surface area contributed by atoms with Crippen LogP contribution in [0.25, 0.3) is 21.9 Å². The molecule has 0 saturated heterocycles. The minimum absolute atomic E-state index is 0.339.